The number of carbonyl (C=O) groups excluding carboxylic acids is 2. The highest BCUT2D eigenvalue weighted by Crippen LogP contribution is 2.69. The average Bonchev–Trinajstić information content (AvgIpc) is 3.32. The maximum Gasteiger partial charge on any atom is 0.146 e. The van der Waals surface area contributed by atoms with E-state index in [9.17, 15) is 14.7 Å². The molecule has 0 aromatic heterocycles. The van der Waals surface area contributed by atoms with E-state index in [1.807, 2.05) is 0 Å². The predicted octanol–water partition coefficient (Wildman–Crippen LogP) is 6.29. The number of carbonyl (C=O) groups is 2. The number of hydrogen-bond acceptors (Lipinski definition) is 8. The molecule has 0 aromatic rings. The second-order valence-corrected chi connectivity index (χ2v) is 17.1. The van der Waals surface area contributed by atoms with Gasteiger partial charge in [0.1, 0.15) is 12.1 Å². The third-order valence-corrected chi connectivity index (χ3v) is 13.2. The first-order valence-electron chi connectivity index (χ1n) is 20.0. The van der Waals surface area contributed by atoms with Crippen molar-refractivity contribution in [1.82, 2.24) is 10.2 Å². The number of nitrogens with two attached hydrogens (primary N) is 2. The number of hydrogen-bond donors (Lipinski definition) is 5. The van der Waals surface area contributed by atoms with Gasteiger partial charge in [-0.15, -0.1) is 0 Å². The average molecular weight is 703 g/mol. The molecule has 4 aliphatic rings. The Kier molecular flexibility index (Phi) is 19.1. The minimum Gasteiger partial charge on any atom is -0.400 e. The fourth-order valence-corrected chi connectivity index (χ4v) is 11.2. The summed E-state index contributed by atoms with van der Waals surface area (Å²) in [6.45, 7) is 23.1. The van der Waals surface area contributed by atoms with Crippen LogP contribution in [0.4, 0.5) is 0 Å². The molecule has 10 atom stereocenters. The van der Waals surface area contributed by atoms with Gasteiger partial charge in [-0.3, -0.25) is 4.79 Å². The molecule has 290 valence electrons. The van der Waals surface area contributed by atoms with Crippen LogP contribution in [0.5, 0.6) is 0 Å². The van der Waals surface area contributed by atoms with Crippen LogP contribution in [0.2, 0.25) is 0 Å². The highest BCUT2D eigenvalue weighted by atomic mass is 16.3. The number of aliphatic hydroxyl groups excluding tert-OH is 2. The summed E-state index contributed by atoms with van der Waals surface area (Å²) in [6.07, 6.45) is 15.1. The van der Waals surface area contributed by atoms with Crippen LogP contribution in [0.1, 0.15) is 126 Å². The molecule has 0 aliphatic heterocycles. The van der Waals surface area contributed by atoms with Crippen molar-refractivity contribution in [2.45, 2.75) is 138 Å². The van der Waals surface area contributed by atoms with Gasteiger partial charge in [-0.25, -0.2) is 0 Å². The van der Waals surface area contributed by atoms with E-state index < -0.39 is 0 Å². The van der Waals surface area contributed by atoms with Crippen LogP contribution < -0.4 is 16.8 Å². The van der Waals surface area contributed by atoms with Crippen molar-refractivity contribution < 1.29 is 19.8 Å². The van der Waals surface area contributed by atoms with E-state index in [1.165, 1.54) is 50.7 Å². The van der Waals surface area contributed by atoms with E-state index in [2.05, 4.69) is 57.8 Å². The Morgan fingerprint density at radius 3 is 2.08 bits per heavy atom. The smallest absolute Gasteiger partial charge is 0.146 e. The summed E-state index contributed by atoms with van der Waals surface area (Å²) in [5.41, 5.74) is 15.6. The van der Waals surface area contributed by atoms with E-state index in [0.29, 0.717) is 41.5 Å². The minimum absolute atomic E-state index is 0.167. The second-order valence-electron chi connectivity index (χ2n) is 17.1. The molecule has 4 aliphatic carbocycles. The Morgan fingerprint density at radius 2 is 1.52 bits per heavy atom. The van der Waals surface area contributed by atoms with Gasteiger partial charge in [0.15, 0.2) is 0 Å². The van der Waals surface area contributed by atoms with Gasteiger partial charge in [-0.1, -0.05) is 44.9 Å². The van der Waals surface area contributed by atoms with Crippen molar-refractivity contribution in [2.24, 2.45) is 57.8 Å². The van der Waals surface area contributed by atoms with Gasteiger partial charge >= 0.3 is 0 Å². The number of aliphatic hydroxyl groups is 2. The zero-order valence-electron chi connectivity index (χ0n) is 33.6. The van der Waals surface area contributed by atoms with Crippen molar-refractivity contribution in [3.8, 4) is 0 Å². The number of ketones is 1. The molecule has 0 heterocycles. The first-order chi connectivity index (χ1) is 23.7. The lowest BCUT2D eigenvalue weighted by atomic mass is 9.41. The summed E-state index contributed by atoms with van der Waals surface area (Å²) >= 11 is 0. The fourth-order valence-electron chi connectivity index (χ4n) is 11.2. The number of nitrogens with zero attached hydrogens (tertiary/aromatic N) is 1. The third-order valence-electron chi connectivity index (χ3n) is 13.2. The van der Waals surface area contributed by atoms with Crippen LogP contribution in [0.25, 0.3) is 0 Å². The third kappa shape index (κ3) is 11.1. The summed E-state index contributed by atoms with van der Waals surface area (Å²) in [5.74, 6) is 3.10. The van der Waals surface area contributed by atoms with Gasteiger partial charge in [0.2, 0.25) is 0 Å². The monoisotopic (exact) mass is 703 g/mol. The topological polar surface area (TPSA) is 142 Å². The predicted molar refractivity (Wildman–Crippen MR) is 209 cm³/mol. The van der Waals surface area contributed by atoms with Gasteiger partial charge in [-0.05, 0) is 190 Å². The summed E-state index contributed by atoms with van der Waals surface area (Å²) < 4.78 is 0. The molecule has 0 amide bonds. The van der Waals surface area contributed by atoms with Gasteiger partial charge < -0.3 is 36.7 Å². The molecule has 8 heteroatoms. The van der Waals surface area contributed by atoms with Crippen molar-refractivity contribution in [1.29, 1.82) is 0 Å². The number of allylic oxidation sites excluding steroid dienone is 4. The molecule has 4 saturated carbocycles. The van der Waals surface area contributed by atoms with E-state index in [0.717, 1.165) is 103 Å². The van der Waals surface area contributed by atoms with Crippen LogP contribution in [0, 0.1) is 46.3 Å². The Balaban J connectivity index is 0.00000135. The number of aldehydes is 1. The van der Waals surface area contributed by atoms with Crippen LogP contribution >= 0.6 is 0 Å². The number of fused-ring (bicyclic) bond motifs is 5. The van der Waals surface area contributed by atoms with E-state index in [1.54, 1.807) is 0 Å². The van der Waals surface area contributed by atoms with Crippen LogP contribution in [-0.4, -0.2) is 85.7 Å². The fraction of sp³-hybridized carbons (Fsp3) is 0.857. The molecule has 0 spiro atoms. The summed E-state index contributed by atoms with van der Waals surface area (Å²) in [7, 11) is 1.00. The molecule has 8 unspecified atom stereocenters. The van der Waals surface area contributed by atoms with E-state index in [4.69, 9.17) is 16.6 Å². The molecule has 0 aromatic carbocycles. The maximum atomic E-state index is 12.4. The Bertz CT molecular complexity index is 1090. The van der Waals surface area contributed by atoms with Crippen molar-refractivity contribution in [2.75, 3.05) is 46.4 Å². The standard InChI is InChI=1S/C38H68N4O2.C3H6O.CH4O/c1-26(2)11-7-12-29(25-43)35-27(3)24-38(6)31-14-13-30-28(4)33(15-16-37(30,5)36(31)34(44)23-32(35)38)41-19-10-22-42(20-8-17-39)21-9-18-40;1-3(2)4;1-2/h11,25,27-28,30-34,36,41,44H,7-10,12-24,39-40H2,1-6H3;1-2H3;2H,1H3/b35-29+;;/t27?,28-,30?,31?,32?,33?,34+,36?,37?,38?;;/m0../s1. The normalized spacial score (nSPS) is 35.3. The van der Waals surface area contributed by atoms with Crippen molar-refractivity contribution in [3.63, 3.8) is 0 Å². The lowest BCUT2D eigenvalue weighted by Gasteiger charge is -2.64. The quantitative estimate of drug-likeness (QED) is 0.0581. The highest BCUT2D eigenvalue weighted by Gasteiger charge is 2.64. The van der Waals surface area contributed by atoms with E-state index in [-0.39, 0.29) is 22.7 Å². The Hall–Kier alpha value is -1.42. The summed E-state index contributed by atoms with van der Waals surface area (Å²) in [4.78, 5) is 24.4. The van der Waals surface area contributed by atoms with Crippen LogP contribution in [-0.2, 0) is 9.59 Å². The second kappa shape index (κ2) is 21.3. The maximum absolute atomic E-state index is 12.4. The molecule has 7 N–H and O–H groups in total. The van der Waals surface area contributed by atoms with Gasteiger partial charge in [0.25, 0.3) is 0 Å². The van der Waals surface area contributed by atoms with Crippen LogP contribution in [0.3, 0.4) is 0 Å². The molecule has 0 saturated heterocycles. The zero-order valence-corrected chi connectivity index (χ0v) is 33.6. The number of rotatable bonds is 15. The van der Waals surface area contributed by atoms with E-state index >= 15 is 0 Å². The molecule has 4 rings (SSSR count). The van der Waals surface area contributed by atoms with Crippen molar-refractivity contribution >= 4 is 12.1 Å². The summed E-state index contributed by atoms with van der Waals surface area (Å²) in [6, 6.07) is 0.562. The van der Waals surface area contributed by atoms with Gasteiger partial charge in [0, 0.05) is 13.2 Å². The minimum atomic E-state index is -0.276. The number of nitrogens with one attached hydrogen (secondary N) is 1. The van der Waals surface area contributed by atoms with Crippen molar-refractivity contribution in [3.05, 3.63) is 22.8 Å². The Morgan fingerprint density at radius 1 is 0.940 bits per heavy atom. The largest absolute Gasteiger partial charge is 0.400 e. The zero-order chi connectivity index (χ0) is 37.6. The Labute approximate surface area is 306 Å². The number of Topliss-reactive ketones (excluding diaryl/α,β-unsaturated/α-hetero) is 1. The molecular weight excluding hydrogens is 624 g/mol. The molecular formula is C42H78N4O4. The first kappa shape index (κ1) is 44.7. The SMILES string of the molecule is CC(C)=CCC/C(C=O)=C1/C(C)CC2(C)C1C[C@@H](O)C1C2CCC2[C@H](C)C(NCCCN(CCCN)CCCN)CCC21C.CC(C)=O.CO. The molecule has 0 bridgehead atoms. The van der Waals surface area contributed by atoms with Crippen LogP contribution in [0.15, 0.2) is 22.8 Å². The molecule has 50 heavy (non-hydrogen) atoms. The summed E-state index contributed by atoms with van der Waals surface area (Å²) in [5, 5.41) is 23.0. The highest BCUT2D eigenvalue weighted by molar-refractivity contribution is 5.75. The molecule has 8 nitrogen and oxygen atoms in total. The van der Waals surface area contributed by atoms with Gasteiger partial charge in [-0.2, -0.15) is 0 Å². The lowest BCUT2D eigenvalue weighted by molar-refractivity contribution is -0.180. The van der Waals surface area contributed by atoms with Gasteiger partial charge in [0.05, 0.1) is 6.10 Å². The molecule has 0 radical (unpaired) electrons. The first-order valence-corrected chi connectivity index (χ1v) is 20.0. The lowest BCUT2D eigenvalue weighted by Crippen LogP contribution is -2.62. The molecule has 4 fully saturated rings.